The Labute approximate surface area is 206 Å². The molecule has 1 saturated heterocycles. The van der Waals surface area contributed by atoms with E-state index in [0.717, 1.165) is 37.9 Å². The molecule has 1 fully saturated rings. The van der Waals surface area contributed by atoms with Crippen molar-refractivity contribution in [2.45, 2.75) is 0 Å². The summed E-state index contributed by atoms with van der Waals surface area (Å²) in [6.45, 7) is 3.61. The molecule has 0 saturated carbocycles. The summed E-state index contributed by atoms with van der Waals surface area (Å²) < 4.78 is 19.9. The van der Waals surface area contributed by atoms with E-state index in [4.69, 9.17) is 10.5 Å². The smallest absolute Gasteiger partial charge is 0.340 e. The van der Waals surface area contributed by atoms with Crippen LogP contribution < -0.4 is 16.0 Å². The number of ether oxygens (including phenoxy) is 1. The van der Waals surface area contributed by atoms with Crippen LogP contribution in [-0.2, 0) is 4.74 Å². The van der Waals surface area contributed by atoms with Crippen LogP contribution in [0.25, 0.3) is 33.4 Å². The lowest BCUT2D eigenvalue weighted by molar-refractivity contribution is 0.0602. The maximum absolute atomic E-state index is 14.9. The molecule has 0 bridgehead atoms. The van der Waals surface area contributed by atoms with Crippen LogP contribution in [0, 0.1) is 5.82 Å². The number of aromatic amines is 1. The largest absolute Gasteiger partial charge is 0.508 e. The van der Waals surface area contributed by atoms with Gasteiger partial charge in [0.25, 0.3) is 0 Å². The first-order valence-corrected chi connectivity index (χ1v) is 10.8. The Morgan fingerprint density at radius 2 is 1.89 bits per heavy atom. The van der Waals surface area contributed by atoms with E-state index in [0.29, 0.717) is 16.5 Å². The van der Waals surface area contributed by atoms with Crippen LogP contribution >= 0.6 is 12.4 Å². The molecule has 5 rings (SSSR count). The quantitative estimate of drug-likeness (QED) is 0.315. The van der Waals surface area contributed by atoms with Crippen LogP contribution in [0.2, 0.25) is 0 Å². The van der Waals surface area contributed by atoms with Crippen molar-refractivity contribution in [3.05, 3.63) is 53.8 Å². The highest BCUT2D eigenvalue weighted by atomic mass is 35.5. The van der Waals surface area contributed by atoms with Crippen molar-refractivity contribution < 1.29 is 19.0 Å². The Morgan fingerprint density at radius 3 is 2.54 bits per heavy atom. The summed E-state index contributed by atoms with van der Waals surface area (Å²) >= 11 is 0. The maximum Gasteiger partial charge on any atom is 0.340 e. The summed E-state index contributed by atoms with van der Waals surface area (Å²) in [4.78, 5) is 19.8. The number of aromatic nitrogens is 3. The normalized spacial score (nSPS) is 13.5. The molecular formula is C24H24ClFN6O3. The number of nitrogens with one attached hydrogen (secondary N) is 2. The number of fused-ring (bicyclic) bond motifs is 1. The summed E-state index contributed by atoms with van der Waals surface area (Å²) in [6.07, 6.45) is 0. The number of carbonyl (C=O) groups is 1. The van der Waals surface area contributed by atoms with Crippen LogP contribution in [0.3, 0.4) is 0 Å². The van der Waals surface area contributed by atoms with Crippen molar-refractivity contribution in [2.24, 2.45) is 0 Å². The number of nitrogens with zero attached hydrogens (tertiary/aromatic N) is 3. The van der Waals surface area contributed by atoms with Crippen LogP contribution in [0.15, 0.2) is 42.5 Å². The SMILES string of the molecule is COC(=O)c1c(-c2ccc(O)cc2F)nc2n[nH]c(N)c2c1-c1ccc(N2CCNCC2)cc1.Cl. The first-order chi connectivity index (χ1) is 16.5. The molecule has 11 heteroatoms. The molecule has 4 aromatic rings. The highest BCUT2D eigenvalue weighted by Crippen LogP contribution is 2.40. The van der Waals surface area contributed by atoms with Gasteiger partial charge in [0.05, 0.1) is 23.8 Å². The van der Waals surface area contributed by atoms with E-state index >= 15 is 0 Å². The van der Waals surface area contributed by atoms with Gasteiger partial charge in [0.2, 0.25) is 0 Å². The zero-order valence-electron chi connectivity index (χ0n) is 18.8. The number of benzene rings is 2. The molecule has 0 aliphatic carbocycles. The fraction of sp³-hybridized carbons (Fsp3) is 0.208. The highest BCUT2D eigenvalue weighted by molar-refractivity contribution is 6.13. The van der Waals surface area contributed by atoms with Crippen molar-refractivity contribution in [1.29, 1.82) is 0 Å². The number of nitrogen functional groups attached to an aromatic ring is 1. The van der Waals surface area contributed by atoms with Gasteiger partial charge in [-0.05, 0) is 29.8 Å². The number of esters is 1. The van der Waals surface area contributed by atoms with Gasteiger partial charge in [-0.3, -0.25) is 5.10 Å². The summed E-state index contributed by atoms with van der Waals surface area (Å²) in [5.74, 6) is -1.44. The number of nitrogens with two attached hydrogens (primary N) is 1. The molecule has 0 amide bonds. The zero-order valence-corrected chi connectivity index (χ0v) is 19.7. The van der Waals surface area contributed by atoms with Gasteiger partial charge in [-0.2, -0.15) is 5.10 Å². The monoisotopic (exact) mass is 498 g/mol. The van der Waals surface area contributed by atoms with Crippen molar-refractivity contribution in [1.82, 2.24) is 20.5 Å². The number of hydrogen-bond donors (Lipinski definition) is 4. The van der Waals surface area contributed by atoms with Crippen molar-refractivity contribution in [3.63, 3.8) is 0 Å². The summed E-state index contributed by atoms with van der Waals surface area (Å²) in [5.41, 5.74) is 8.72. The lowest BCUT2D eigenvalue weighted by Crippen LogP contribution is -2.43. The maximum atomic E-state index is 14.9. The van der Waals surface area contributed by atoms with Crippen LogP contribution in [0.1, 0.15) is 10.4 Å². The van der Waals surface area contributed by atoms with Crippen LogP contribution in [0.4, 0.5) is 15.9 Å². The Morgan fingerprint density at radius 1 is 1.17 bits per heavy atom. The molecule has 1 aliphatic rings. The van der Waals surface area contributed by atoms with Gasteiger partial charge in [-0.15, -0.1) is 12.4 Å². The minimum absolute atomic E-state index is 0. The Hall–Kier alpha value is -3.89. The highest BCUT2D eigenvalue weighted by Gasteiger charge is 2.28. The minimum Gasteiger partial charge on any atom is -0.508 e. The Bertz CT molecular complexity index is 1390. The van der Waals surface area contributed by atoms with E-state index in [1.54, 1.807) is 0 Å². The first-order valence-electron chi connectivity index (χ1n) is 10.8. The molecule has 2 aromatic carbocycles. The number of piperazine rings is 1. The predicted molar refractivity (Wildman–Crippen MR) is 134 cm³/mol. The van der Waals surface area contributed by atoms with E-state index < -0.39 is 11.8 Å². The fourth-order valence-corrected chi connectivity index (χ4v) is 4.32. The third-order valence-corrected chi connectivity index (χ3v) is 5.97. The second kappa shape index (κ2) is 9.77. The second-order valence-corrected chi connectivity index (χ2v) is 7.99. The third-order valence-electron chi connectivity index (χ3n) is 5.97. The number of methoxy groups -OCH3 is 1. The number of phenols is 1. The lowest BCUT2D eigenvalue weighted by atomic mass is 9.92. The van der Waals surface area contributed by atoms with E-state index in [-0.39, 0.29) is 46.4 Å². The average molecular weight is 499 g/mol. The van der Waals surface area contributed by atoms with Gasteiger partial charge in [-0.1, -0.05) is 12.1 Å². The summed E-state index contributed by atoms with van der Waals surface area (Å²) in [6, 6.07) is 11.4. The third kappa shape index (κ3) is 4.33. The van der Waals surface area contributed by atoms with Gasteiger partial charge < -0.3 is 25.8 Å². The molecule has 0 unspecified atom stereocenters. The van der Waals surface area contributed by atoms with Crippen molar-refractivity contribution in [3.8, 4) is 28.1 Å². The molecular weight excluding hydrogens is 475 g/mol. The molecule has 182 valence electrons. The molecule has 3 heterocycles. The number of aromatic hydroxyl groups is 1. The molecule has 1 aliphatic heterocycles. The standard InChI is InChI=1S/C24H23FN6O3.ClH/c1-34-24(33)19-18(13-2-4-14(5-3-13)31-10-8-27-9-11-31)20-22(26)29-30-23(20)28-21(19)16-7-6-15(32)12-17(16)25;/h2-7,12,27,32H,8-11H2,1H3,(H3,26,28,29,30);1H. The number of pyridine rings is 1. The summed E-state index contributed by atoms with van der Waals surface area (Å²) in [5, 5.41) is 20.3. The Balaban J connectivity index is 0.00000289. The van der Waals surface area contributed by atoms with Gasteiger partial charge >= 0.3 is 5.97 Å². The predicted octanol–water partition coefficient (Wildman–Crippen LogP) is 3.34. The number of halogens is 2. The number of rotatable bonds is 4. The topological polar surface area (TPSA) is 129 Å². The van der Waals surface area contributed by atoms with Crippen molar-refractivity contribution >= 4 is 40.9 Å². The molecule has 0 radical (unpaired) electrons. The lowest BCUT2D eigenvalue weighted by Gasteiger charge is -2.29. The molecule has 35 heavy (non-hydrogen) atoms. The van der Waals surface area contributed by atoms with E-state index in [2.05, 4.69) is 25.4 Å². The van der Waals surface area contributed by atoms with Gasteiger partial charge in [0.1, 0.15) is 17.4 Å². The van der Waals surface area contributed by atoms with E-state index in [1.165, 1.54) is 19.2 Å². The number of carbonyl (C=O) groups excluding carboxylic acids is 1. The van der Waals surface area contributed by atoms with Gasteiger partial charge in [-0.25, -0.2) is 14.2 Å². The minimum atomic E-state index is -0.736. The molecule has 0 spiro atoms. The van der Waals surface area contributed by atoms with Crippen LogP contribution in [-0.4, -0.2) is 59.5 Å². The molecule has 9 nitrogen and oxygen atoms in total. The summed E-state index contributed by atoms with van der Waals surface area (Å²) in [7, 11) is 1.25. The van der Waals surface area contributed by atoms with Crippen molar-refractivity contribution in [2.75, 3.05) is 43.9 Å². The van der Waals surface area contributed by atoms with Gasteiger partial charge in [0.15, 0.2) is 5.65 Å². The molecule has 0 atom stereocenters. The molecule has 5 N–H and O–H groups in total. The fourth-order valence-electron chi connectivity index (χ4n) is 4.32. The molecule has 2 aromatic heterocycles. The van der Waals surface area contributed by atoms with Gasteiger partial charge in [0, 0.05) is 49.1 Å². The second-order valence-electron chi connectivity index (χ2n) is 7.99. The number of H-pyrrole nitrogens is 1. The number of phenolic OH excluding ortho intramolecular Hbond substituents is 1. The average Bonchev–Trinajstić information content (AvgIpc) is 3.23. The Kier molecular flexibility index (Phi) is 6.77. The number of hydrogen-bond acceptors (Lipinski definition) is 8. The van der Waals surface area contributed by atoms with E-state index in [9.17, 15) is 14.3 Å². The first kappa shape index (κ1) is 24.2. The van der Waals surface area contributed by atoms with E-state index in [1.807, 2.05) is 24.3 Å². The van der Waals surface area contributed by atoms with Crippen LogP contribution in [0.5, 0.6) is 5.75 Å². The zero-order chi connectivity index (χ0) is 23.8. The number of anilines is 2.